The zero-order valence-electron chi connectivity index (χ0n) is 12.6. The second-order valence-electron chi connectivity index (χ2n) is 5.64. The molecule has 1 aromatic carbocycles. The van der Waals surface area contributed by atoms with E-state index < -0.39 is 6.10 Å². The Kier molecular flexibility index (Phi) is 5.26. The van der Waals surface area contributed by atoms with Crippen LogP contribution in [0.2, 0.25) is 0 Å². The molecule has 0 aliphatic heterocycles. The Morgan fingerprint density at radius 1 is 1.30 bits per heavy atom. The third kappa shape index (κ3) is 3.64. The molecule has 2 rings (SSSR count). The molecule has 4 nitrogen and oxygen atoms in total. The molecule has 0 radical (unpaired) electrons. The Morgan fingerprint density at radius 2 is 2.05 bits per heavy atom. The summed E-state index contributed by atoms with van der Waals surface area (Å²) in [6, 6.07) is 5.52. The monoisotopic (exact) mass is 279 g/mol. The van der Waals surface area contributed by atoms with Crippen molar-refractivity contribution in [1.82, 2.24) is 4.90 Å². The fourth-order valence-corrected chi connectivity index (χ4v) is 2.68. The van der Waals surface area contributed by atoms with Crippen LogP contribution < -0.4 is 9.47 Å². The summed E-state index contributed by atoms with van der Waals surface area (Å²) in [5, 5.41) is 10.4. The molecule has 0 aromatic heterocycles. The van der Waals surface area contributed by atoms with Crippen LogP contribution in [0.1, 0.15) is 30.9 Å². The number of nitrogens with zero attached hydrogens (tertiary/aromatic N) is 1. The van der Waals surface area contributed by atoms with Gasteiger partial charge in [0.1, 0.15) is 11.5 Å². The standard InChI is InChI=1S/C16H25NO3/c1-17(10-12-5-4-6-12)11-15(18)14-9-13(19-2)7-8-16(14)20-3/h7-9,12,15,18H,4-6,10-11H2,1-3H3. The molecule has 0 amide bonds. The summed E-state index contributed by atoms with van der Waals surface area (Å²) < 4.78 is 10.5. The Morgan fingerprint density at radius 3 is 2.60 bits per heavy atom. The summed E-state index contributed by atoms with van der Waals surface area (Å²) in [6.45, 7) is 1.67. The molecule has 20 heavy (non-hydrogen) atoms. The van der Waals surface area contributed by atoms with E-state index in [1.807, 2.05) is 18.2 Å². The van der Waals surface area contributed by atoms with E-state index in [-0.39, 0.29) is 0 Å². The largest absolute Gasteiger partial charge is 0.497 e. The molecular weight excluding hydrogens is 254 g/mol. The minimum absolute atomic E-state index is 0.565. The molecule has 1 aromatic rings. The highest BCUT2D eigenvalue weighted by atomic mass is 16.5. The molecule has 0 bridgehead atoms. The number of rotatable bonds is 7. The number of ether oxygens (including phenoxy) is 2. The number of benzene rings is 1. The SMILES string of the molecule is COc1ccc(OC)c(C(O)CN(C)CC2CCC2)c1. The molecule has 1 aliphatic rings. The van der Waals surface area contributed by atoms with Crippen LogP contribution in [0.25, 0.3) is 0 Å². The maximum atomic E-state index is 10.4. The zero-order chi connectivity index (χ0) is 14.5. The van der Waals surface area contributed by atoms with E-state index in [0.29, 0.717) is 12.3 Å². The van der Waals surface area contributed by atoms with Gasteiger partial charge in [-0.2, -0.15) is 0 Å². The van der Waals surface area contributed by atoms with E-state index in [9.17, 15) is 5.11 Å². The summed E-state index contributed by atoms with van der Waals surface area (Å²) in [6.07, 6.45) is 3.43. The summed E-state index contributed by atoms with van der Waals surface area (Å²) in [5.41, 5.74) is 0.785. The quantitative estimate of drug-likeness (QED) is 0.832. The Bertz CT molecular complexity index is 432. The maximum absolute atomic E-state index is 10.4. The van der Waals surface area contributed by atoms with Crippen molar-refractivity contribution < 1.29 is 14.6 Å². The predicted molar refractivity (Wildman–Crippen MR) is 79.3 cm³/mol. The Hall–Kier alpha value is -1.26. The first-order chi connectivity index (χ1) is 9.63. The predicted octanol–water partition coefficient (Wildman–Crippen LogP) is 2.47. The summed E-state index contributed by atoms with van der Waals surface area (Å²) in [4.78, 5) is 2.20. The van der Waals surface area contributed by atoms with Gasteiger partial charge >= 0.3 is 0 Å². The highest BCUT2D eigenvalue weighted by Crippen LogP contribution is 2.31. The first-order valence-corrected chi connectivity index (χ1v) is 7.22. The lowest BCUT2D eigenvalue weighted by Gasteiger charge is -2.31. The maximum Gasteiger partial charge on any atom is 0.124 e. The lowest BCUT2D eigenvalue weighted by Crippen LogP contribution is -2.32. The summed E-state index contributed by atoms with van der Waals surface area (Å²) in [7, 11) is 5.31. The molecular formula is C16H25NO3. The van der Waals surface area contributed by atoms with Crippen LogP contribution in [0.4, 0.5) is 0 Å². The summed E-state index contributed by atoms with van der Waals surface area (Å²) in [5.74, 6) is 2.25. The van der Waals surface area contributed by atoms with Crippen LogP contribution >= 0.6 is 0 Å². The zero-order valence-corrected chi connectivity index (χ0v) is 12.6. The molecule has 4 heteroatoms. The summed E-state index contributed by atoms with van der Waals surface area (Å²) >= 11 is 0. The lowest BCUT2D eigenvalue weighted by molar-refractivity contribution is 0.104. The van der Waals surface area contributed by atoms with Gasteiger partial charge in [0.2, 0.25) is 0 Å². The minimum atomic E-state index is -0.565. The first-order valence-electron chi connectivity index (χ1n) is 7.22. The molecule has 1 aliphatic carbocycles. The van der Waals surface area contributed by atoms with Crippen LogP contribution in [0, 0.1) is 5.92 Å². The fraction of sp³-hybridized carbons (Fsp3) is 0.625. The van der Waals surface area contributed by atoms with Crippen molar-refractivity contribution in [2.75, 3.05) is 34.4 Å². The van der Waals surface area contributed by atoms with Gasteiger partial charge in [-0.25, -0.2) is 0 Å². The highest BCUT2D eigenvalue weighted by Gasteiger charge is 2.22. The van der Waals surface area contributed by atoms with Crippen LogP contribution in [0.3, 0.4) is 0 Å². The first kappa shape index (κ1) is 15.1. The van der Waals surface area contributed by atoms with Crippen molar-refractivity contribution >= 4 is 0 Å². The van der Waals surface area contributed by atoms with Crippen molar-refractivity contribution in [1.29, 1.82) is 0 Å². The molecule has 112 valence electrons. The molecule has 0 saturated heterocycles. The third-order valence-electron chi connectivity index (χ3n) is 4.08. The minimum Gasteiger partial charge on any atom is -0.497 e. The van der Waals surface area contributed by atoms with Gasteiger partial charge in [-0.3, -0.25) is 0 Å². The molecule has 1 unspecified atom stereocenters. The average Bonchev–Trinajstić information content (AvgIpc) is 2.42. The number of aliphatic hydroxyl groups excluding tert-OH is 1. The van der Waals surface area contributed by atoms with Gasteiger partial charge in [0, 0.05) is 18.7 Å². The highest BCUT2D eigenvalue weighted by molar-refractivity contribution is 5.41. The number of hydrogen-bond donors (Lipinski definition) is 1. The van der Waals surface area contributed by atoms with E-state index in [0.717, 1.165) is 23.8 Å². The molecule has 1 saturated carbocycles. The second-order valence-corrected chi connectivity index (χ2v) is 5.64. The van der Waals surface area contributed by atoms with Crippen molar-refractivity contribution in [2.24, 2.45) is 5.92 Å². The molecule has 0 heterocycles. The van der Waals surface area contributed by atoms with Crippen molar-refractivity contribution in [3.63, 3.8) is 0 Å². The van der Waals surface area contributed by atoms with E-state index in [1.54, 1.807) is 14.2 Å². The number of aliphatic hydroxyl groups is 1. The average molecular weight is 279 g/mol. The third-order valence-corrected chi connectivity index (χ3v) is 4.08. The van der Waals surface area contributed by atoms with Gasteiger partial charge in [-0.1, -0.05) is 6.42 Å². The van der Waals surface area contributed by atoms with Gasteiger partial charge in [-0.15, -0.1) is 0 Å². The Labute approximate surface area is 121 Å². The van der Waals surface area contributed by atoms with E-state index in [2.05, 4.69) is 11.9 Å². The van der Waals surface area contributed by atoms with E-state index >= 15 is 0 Å². The van der Waals surface area contributed by atoms with E-state index in [4.69, 9.17) is 9.47 Å². The van der Waals surface area contributed by atoms with Gasteiger partial charge in [0.15, 0.2) is 0 Å². The van der Waals surface area contributed by atoms with Crippen molar-refractivity contribution in [3.8, 4) is 11.5 Å². The molecule has 0 spiro atoms. The number of hydrogen-bond acceptors (Lipinski definition) is 4. The molecule has 1 N–H and O–H groups in total. The van der Waals surface area contributed by atoms with Crippen LogP contribution in [-0.4, -0.2) is 44.4 Å². The van der Waals surface area contributed by atoms with Crippen LogP contribution in [-0.2, 0) is 0 Å². The van der Waals surface area contributed by atoms with Crippen molar-refractivity contribution in [3.05, 3.63) is 23.8 Å². The van der Waals surface area contributed by atoms with Gasteiger partial charge in [0.05, 0.1) is 20.3 Å². The molecule has 1 fully saturated rings. The van der Waals surface area contributed by atoms with E-state index in [1.165, 1.54) is 19.3 Å². The normalized spacial score (nSPS) is 16.9. The number of likely N-dealkylation sites (N-methyl/N-ethyl adjacent to an activating group) is 1. The van der Waals surface area contributed by atoms with Gasteiger partial charge < -0.3 is 19.5 Å². The van der Waals surface area contributed by atoms with Crippen molar-refractivity contribution in [2.45, 2.75) is 25.4 Å². The van der Waals surface area contributed by atoms with Gasteiger partial charge in [0.25, 0.3) is 0 Å². The number of methoxy groups -OCH3 is 2. The second kappa shape index (κ2) is 6.95. The molecule has 1 atom stereocenters. The van der Waals surface area contributed by atoms with Crippen LogP contribution in [0.15, 0.2) is 18.2 Å². The van der Waals surface area contributed by atoms with Crippen LogP contribution in [0.5, 0.6) is 11.5 Å². The Balaban J connectivity index is 2.00. The smallest absolute Gasteiger partial charge is 0.124 e. The van der Waals surface area contributed by atoms with Gasteiger partial charge in [-0.05, 0) is 44.0 Å². The topological polar surface area (TPSA) is 41.9 Å². The fourth-order valence-electron chi connectivity index (χ4n) is 2.68. The lowest BCUT2D eigenvalue weighted by atomic mass is 9.85.